The Morgan fingerprint density at radius 2 is 2.08 bits per heavy atom. The maximum atomic E-state index is 12.4. The van der Waals surface area contributed by atoms with Crippen LogP contribution in [0.1, 0.15) is 24.3 Å². The van der Waals surface area contributed by atoms with E-state index in [0.29, 0.717) is 37.0 Å². The Bertz CT molecular complexity index is 714. The fourth-order valence-corrected chi connectivity index (χ4v) is 2.55. The summed E-state index contributed by atoms with van der Waals surface area (Å²) in [5.74, 6) is 1.48. The van der Waals surface area contributed by atoms with Crippen molar-refractivity contribution in [2.24, 2.45) is 0 Å². The average Bonchev–Trinajstić information content (AvgIpc) is 3.09. The van der Waals surface area contributed by atoms with Crippen molar-refractivity contribution in [3.05, 3.63) is 30.3 Å². The molecule has 0 radical (unpaired) electrons. The fourth-order valence-electron chi connectivity index (χ4n) is 2.55. The van der Waals surface area contributed by atoms with Crippen LogP contribution in [0, 0.1) is 0 Å². The van der Waals surface area contributed by atoms with E-state index >= 15 is 0 Å². The average molecular weight is 331 g/mol. The fraction of sp³-hybridized carbons (Fsp3) is 0.412. The molecule has 0 bridgehead atoms. The Morgan fingerprint density at radius 3 is 2.88 bits per heavy atom. The van der Waals surface area contributed by atoms with Gasteiger partial charge in [-0.25, -0.2) is 4.98 Å². The molecule has 2 heterocycles. The second-order valence-corrected chi connectivity index (χ2v) is 5.56. The van der Waals surface area contributed by atoms with Gasteiger partial charge in [-0.1, -0.05) is 6.92 Å². The monoisotopic (exact) mass is 331 g/mol. The molecule has 1 amide bonds. The van der Waals surface area contributed by atoms with Gasteiger partial charge in [0, 0.05) is 18.2 Å². The summed E-state index contributed by atoms with van der Waals surface area (Å²) in [6, 6.07) is 5.61. The second kappa shape index (κ2) is 7.35. The number of benzene rings is 1. The first-order valence-corrected chi connectivity index (χ1v) is 8.04. The molecule has 0 saturated heterocycles. The van der Waals surface area contributed by atoms with Crippen LogP contribution in [0.15, 0.2) is 29.0 Å². The van der Waals surface area contributed by atoms with Crippen molar-refractivity contribution in [2.75, 3.05) is 26.3 Å². The molecule has 2 aromatic rings. The zero-order valence-corrected chi connectivity index (χ0v) is 13.8. The molecule has 0 aliphatic carbocycles. The zero-order valence-electron chi connectivity index (χ0n) is 13.8. The molecule has 0 spiro atoms. The van der Waals surface area contributed by atoms with E-state index in [1.807, 2.05) is 19.9 Å². The topological polar surface area (TPSA) is 85.6 Å². The summed E-state index contributed by atoms with van der Waals surface area (Å²) in [6.07, 6.45) is 1.27. The highest BCUT2D eigenvalue weighted by molar-refractivity contribution is 5.97. The summed E-state index contributed by atoms with van der Waals surface area (Å²) >= 11 is 0. The molecule has 2 N–H and O–H groups in total. The van der Waals surface area contributed by atoms with Crippen LogP contribution in [0.5, 0.6) is 11.5 Å². The standard InChI is InChI=1S/C17H21N3O4/c1-3-18-11(2)9-19-17(21)15-16(24-10-20-15)12-4-5-13-14(8-12)23-7-6-22-13/h4-5,8,10-11,18H,3,6-7,9H2,1-2H3,(H,19,21)/t11-/m1/s1. The number of aromatic nitrogens is 1. The molecule has 0 unspecified atom stereocenters. The molecule has 1 aromatic heterocycles. The summed E-state index contributed by atoms with van der Waals surface area (Å²) < 4.78 is 16.5. The van der Waals surface area contributed by atoms with Crippen LogP contribution < -0.4 is 20.1 Å². The van der Waals surface area contributed by atoms with Crippen LogP contribution in [0.25, 0.3) is 11.3 Å². The van der Waals surface area contributed by atoms with Gasteiger partial charge in [0.15, 0.2) is 29.3 Å². The van der Waals surface area contributed by atoms with Gasteiger partial charge in [0.2, 0.25) is 0 Å². The number of carbonyl (C=O) groups is 1. The number of likely N-dealkylation sites (N-methyl/N-ethyl adjacent to an activating group) is 1. The third-order valence-electron chi connectivity index (χ3n) is 3.71. The number of rotatable bonds is 6. The number of carbonyl (C=O) groups excluding carboxylic acids is 1. The van der Waals surface area contributed by atoms with Crippen LogP contribution in [-0.4, -0.2) is 43.2 Å². The quantitative estimate of drug-likeness (QED) is 0.840. The van der Waals surface area contributed by atoms with E-state index < -0.39 is 0 Å². The largest absolute Gasteiger partial charge is 0.486 e. The Kier molecular flexibility index (Phi) is 5.00. The maximum absolute atomic E-state index is 12.4. The van der Waals surface area contributed by atoms with Crippen LogP contribution in [0.3, 0.4) is 0 Å². The molecular weight excluding hydrogens is 310 g/mol. The number of ether oxygens (including phenoxy) is 2. The number of nitrogens with one attached hydrogen (secondary N) is 2. The normalized spacial score (nSPS) is 14.2. The molecule has 1 aliphatic rings. The first-order valence-electron chi connectivity index (χ1n) is 8.04. The SMILES string of the molecule is CCN[C@H](C)CNC(=O)c1ncoc1-c1ccc2c(c1)OCCO2. The smallest absolute Gasteiger partial charge is 0.273 e. The number of amides is 1. The van der Waals surface area contributed by atoms with Crippen LogP contribution in [0.2, 0.25) is 0 Å². The zero-order chi connectivity index (χ0) is 16.9. The van der Waals surface area contributed by atoms with Gasteiger partial charge in [-0.2, -0.15) is 0 Å². The van der Waals surface area contributed by atoms with Crippen LogP contribution >= 0.6 is 0 Å². The van der Waals surface area contributed by atoms with Gasteiger partial charge in [0.25, 0.3) is 5.91 Å². The molecule has 7 heteroatoms. The molecule has 0 fully saturated rings. The molecule has 7 nitrogen and oxygen atoms in total. The van der Waals surface area contributed by atoms with Crippen molar-refractivity contribution < 1.29 is 18.7 Å². The molecule has 1 atom stereocenters. The highest BCUT2D eigenvalue weighted by Gasteiger charge is 2.21. The molecule has 128 valence electrons. The van der Waals surface area contributed by atoms with Crippen LogP contribution in [0.4, 0.5) is 0 Å². The van der Waals surface area contributed by atoms with Crippen molar-refractivity contribution in [3.63, 3.8) is 0 Å². The lowest BCUT2D eigenvalue weighted by molar-refractivity contribution is 0.0946. The third kappa shape index (κ3) is 3.51. The molecule has 24 heavy (non-hydrogen) atoms. The van der Waals surface area contributed by atoms with E-state index in [-0.39, 0.29) is 17.6 Å². The van der Waals surface area contributed by atoms with Gasteiger partial charge >= 0.3 is 0 Å². The highest BCUT2D eigenvalue weighted by Crippen LogP contribution is 2.35. The second-order valence-electron chi connectivity index (χ2n) is 5.56. The number of fused-ring (bicyclic) bond motifs is 1. The number of hydrogen-bond acceptors (Lipinski definition) is 6. The first-order chi connectivity index (χ1) is 11.7. The van der Waals surface area contributed by atoms with Crippen molar-refractivity contribution in [3.8, 4) is 22.8 Å². The van der Waals surface area contributed by atoms with E-state index in [2.05, 4.69) is 15.6 Å². The van der Waals surface area contributed by atoms with Gasteiger partial charge in [-0.15, -0.1) is 0 Å². The lowest BCUT2D eigenvalue weighted by atomic mass is 10.1. The predicted molar refractivity (Wildman–Crippen MR) is 88.4 cm³/mol. The predicted octanol–water partition coefficient (Wildman–Crippen LogP) is 1.84. The van der Waals surface area contributed by atoms with E-state index in [9.17, 15) is 4.79 Å². The number of nitrogens with zero attached hydrogens (tertiary/aromatic N) is 1. The molecule has 3 rings (SSSR count). The Hall–Kier alpha value is -2.54. The number of oxazole rings is 1. The highest BCUT2D eigenvalue weighted by atomic mass is 16.6. The molecule has 1 aliphatic heterocycles. The molecular formula is C17H21N3O4. The first kappa shape index (κ1) is 16.3. The van der Waals surface area contributed by atoms with E-state index in [1.54, 1.807) is 12.1 Å². The van der Waals surface area contributed by atoms with Gasteiger partial charge in [0.05, 0.1) is 0 Å². The lowest BCUT2D eigenvalue weighted by Crippen LogP contribution is -2.39. The van der Waals surface area contributed by atoms with Gasteiger partial charge in [-0.3, -0.25) is 4.79 Å². The summed E-state index contributed by atoms with van der Waals surface area (Å²) in [4.78, 5) is 16.4. The number of hydrogen-bond donors (Lipinski definition) is 2. The van der Waals surface area contributed by atoms with Gasteiger partial charge < -0.3 is 24.5 Å². The molecule has 0 saturated carbocycles. The van der Waals surface area contributed by atoms with Crippen molar-refractivity contribution in [1.29, 1.82) is 0 Å². The lowest BCUT2D eigenvalue weighted by Gasteiger charge is -2.18. The summed E-state index contributed by atoms with van der Waals surface area (Å²) in [6.45, 7) is 6.43. The van der Waals surface area contributed by atoms with E-state index in [1.165, 1.54) is 6.39 Å². The van der Waals surface area contributed by atoms with Crippen molar-refractivity contribution >= 4 is 5.91 Å². The van der Waals surface area contributed by atoms with Crippen molar-refractivity contribution in [1.82, 2.24) is 15.6 Å². The summed E-state index contributed by atoms with van der Waals surface area (Å²) in [7, 11) is 0. The van der Waals surface area contributed by atoms with Gasteiger partial charge in [0.1, 0.15) is 13.2 Å². The minimum absolute atomic E-state index is 0.184. The maximum Gasteiger partial charge on any atom is 0.273 e. The van der Waals surface area contributed by atoms with E-state index in [0.717, 1.165) is 12.1 Å². The van der Waals surface area contributed by atoms with Crippen molar-refractivity contribution in [2.45, 2.75) is 19.9 Å². The Balaban J connectivity index is 1.76. The summed E-state index contributed by atoms with van der Waals surface area (Å²) in [5.41, 5.74) is 0.983. The summed E-state index contributed by atoms with van der Waals surface area (Å²) in [5, 5.41) is 6.10. The Morgan fingerprint density at radius 1 is 1.29 bits per heavy atom. The molecule has 1 aromatic carbocycles. The minimum atomic E-state index is -0.265. The van der Waals surface area contributed by atoms with E-state index in [4.69, 9.17) is 13.9 Å². The minimum Gasteiger partial charge on any atom is -0.486 e. The van der Waals surface area contributed by atoms with Crippen LogP contribution in [-0.2, 0) is 0 Å². The van der Waals surface area contributed by atoms with Gasteiger partial charge in [-0.05, 0) is 31.7 Å². The third-order valence-corrected chi connectivity index (χ3v) is 3.71. The Labute approximate surface area is 140 Å².